The van der Waals surface area contributed by atoms with Gasteiger partial charge in [-0.3, -0.25) is 0 Å². The van der Waals surface area contributed by atoms with Crippen LogP contribution in [-0.2, 0) is 6.54 Å². The van der Waals surface area contributed by atoms with E-state index in [9.17, 15) is 4.79 Å². The quantitative estimate of drug-likeness (QED) is 0.825. The van der Waals surface area contributed by atoms with Crippen molar-refractivity contribution in [3.8, 4) is 0 Å². The Balaban J connectivity index is 1.95. The van der Waals surface area contributed by atoms with E-state index in [2.05, 4.69) is 12.2 Å². The molecule has 0 bridgehead atoms. The second kappa shape index (κ2) is 6.53. The van der Waals surface area contributed by atoms with Crippen molar-refractivity contribution in [3.63, 3.8) is 0 Å². The highest BCUT2D eigenvalue weighted by molar-refractivity contribution is 7.14. The molecule has 0 saturated heterocycles. The van der Waals surface area contributed by atoms with Gasteiger partial charge in [-0.05, 0) is 37.3 Å². The van der Waals surface area contributed by atoms with E-state index in [4.69, 9.17) is 5.11 Å². The molecule has 0 amide bonds. The average Bonchev–Trinajstić information content (AvgIpc) is 2.61. The molecule has 0 spiro atoms. The molecule has 0 aliphatic heterocycles. The lowest BCUT2D eigenvalue weighted by molar-refractivity contribution is 0.0702. The van der Waals surface area contributed by atoms with Crippen molar-refractivity contribution in [3.05, 3.63) is 21.4 Å². The zero-order valence-corrected chi connectivity index (χ0v) is 12.6. The monoisotopic (exact) mass is 281 g/mol. The van der Waals surface area contributed by atoms with Crippen molar-refractivity contribution in [2.75, 3.05) is 0 Å². The number of aryl methyl sites for hydroxylation is 1. The minimum absolute atomic E-state index is 0.447. The molecule has 0 radical (unpaired) electrons. The van der Waals surface area contributed by atoms with E-state index in [0.717, 1.165) is 22.9 Å². The molecule has 2 rings (SSSR count). The van der Waals surface area contributed by atoms with Crippen molar-refractivity contribution in [2.24, 2.45) is 5.92 Å². The van der Waals surface area contributed by atoms with Gasteiger partial charge in [-0.2, -0.15) is 0 Å². The van der Waals surface area contributed by atoms with Crippen molar-refractivity contribution < 1.29 is 9.90 Å². The summed E-state index contributed by atoms with van der Waals surface area (Å²) >= 11 is 1.37. The second-order valence-electron chi connectivity index (χ2n) is 5.60. The van der Waals surface area contributed by atoms with Crippen LogP contribution in [0.5, 0.6) is 0 Å². The lowest BCUT2D eigenvalue weighted by Crippen LogP contribution is -2.33. The fourth-order valence-electron chi connectivity index (χ4n) is 2.84. The first kappa shape index (κ1) is 14.5. The molecule has 2 unspecified atom stereocenters. The minimum Gasteiger partial charge on any atom is -0.477 e. The second-order valence-corrected chi connectivity index (χ2v) is 6.86. The number of carboxylic acids is 1. The summed E-state index contributed by atoms with van der Waals surface area (Å²) in [7, 11) is 0. The predicted molar refractivity (Wildman–Crippen MR) is 78.9 cm³/mol. The summed E-state index contributed by atoms with van der Waals surface area (Å²) in [6.45, 7) is 5.13. The lowest BCUT2D eigenvalue weighted by atomic mass is 9.97. The number of thiophene rings is 1. The molecule has 1 fully saturated rings. The summed E-state index contributed by atoms with van der Waals surface area (Å²) in [6.07, 6.45) is 6.56. The highest BCUT2D eigenvalue weighted by Crippen LogP contribution is 2.25. The van der Waals surface area contributed by atoms with Crippen LogP contribution in [0.15, 0.2) is 6.07 Å². The Morgan fingerprint density at radius 3 is 2.84 bits per heavy atom. The average molecular weight is 281 g/mol. The highest BCUT2D eigenvalue weighted by atomic mass is 32.1. The molecular formula is C15H23NO2S. The number of rotatable bonds is 4. The molecule has 1 heterocycles. The Kier molecular flexibility index (Phi) is 4.99. The summed E-state index contributed by atoms with van der Waals surface area (Å²) in [4.78, 5) is 12.5. The topological polar surface area (TPSA) is 49.3 Å². The first-order valence-corrected chi connectivity index (χ1v) is 7.95. The van der Waals surface area contributed by atoms with Crippen LogP contribution in [0.4, 0.5) is 0 Å². The third-order valence-corrected chi connectivity index (χ3v) is 5.23. The van der Waals surface area contributed by atoms with Crippen molar-refractivity contribution in [1.82, 2.24) is 5.32 Å². The van der Waals surface area contributed by atoms with Gasteiger partial charge < -0.3 is 10.4 Å². The van der Waals surface area contributed by atoms with E-state index in [1.165, 1.54) is 43.4 Å². The van der Waals surface area contributed by atoms with E-state index in [1.54, 1.807) is 0 Å². The molecule has 1 aliphatic rings. The first-order valence-electron chi connectivity index (χ1n) is 7.14. The Hall–Kier alpha value is -0.870. The van der Waals surface area contributed by atoms with Gasteiger partial charge in [0.2, 0.25) is 0 Å². The normalized spacial score (nSPS) is 24.1. The van der Waals surface area contributed by atoms with E-state index >= 15 is 0 Å². The Bertz CT molecular complexity index is 441. The molecule has 2 atom stereocenters. The number of carboxylic acid groups (broad SMARTS) is 1. The summed E-state index contributed by atoms with van der Waals surface area (Å²) in [5.41, 5.74) is 1.14. The molecule has 2 N–H and O–H groups in total. The predicted octanol–water partition coefficient (Wildman–Crippen LogP) is 3.81. The smallest absolute Gasteiger partial charge is 0.345 e. The summed E-state index contributed by atoms with van der Waals surface area (Å²) in [6, 6.07) is 2.39. The Morgan fingerprint density at radius 1 is 1.42 bits per heavy atom. The molecule has 19 heavy (non-hydrogen) atoms. The van der Waals surface area contributed by atoms with Crippen LogP contribution in [0.1, 0.15) is 59.1 Å². The maximum atomic E-state index is 11.0. The SMILES string of the molecule is Cc1sc(C(=O)O)cc1CNC1CCCCCC1C. The van der Waals surface area contributed by atoms with E-state index < -0.39 is 5.97 Å². The summed E-state index contributed by atoms with van der Waals surface area (Å²) in [5, 5.41) is 12.6. The molecule has 106 valence electrons. The van der Waals surface area contributed by atoms with Crippen LogP contribution in [0, 0.1) is 12.8 Å². The highest BCUT2D eigenvalue weighted by Gasteiger charge is 2.20. The van der Waals surface area contributed by atoms with Crippen LogP contribution in [0.3, 0.4) is 0 Å². The number of carbonyl (C=O) groups is 1. The van der Waals surface area contributed by atoms with E-state index in [0.29, 0.717) is 10.9 Å². The van der Waals surface area contributed by atoms with Gasteiger partial charge in [0, 0.05) is 17.5 Å². The van der Waals surface area contributed by atoms with Gasteiger partial charge in [-0.1, -0.05) is 26.2 Å². The molecule has 1 aliphatic carbocycles. The van der Waals surface area contributed by atoms with Gasteiger partial charge >= 0.3 is 5.97 Å². The fourth-order valence-corrected chi connectivity index (χ4v) is 3.72. The van der Waals surface area contributed by atoms with Gasteiger partial charge in [0.05, 0.1) is 0 Å². The maximum Gasteiger partial charge on any atom is 0.345 e. The number of aromatic carboxylic acids is 1. The van der Waals surface area contributed by atoms with Crippen LogP contribution in [-0.4, -0.2) is 17.1 Å². The Morgan fingerprint density at radius 2 is 2.16 bits per heavy atom. The number of nitrogens with one attached hydrogen (secondary N) is 1. The zero-order chi connectivity index (χ0) is 13.8. The van der Waals surface area contributed by atoms with Crippen molar-refractivity contribution >= 4 is 17.3 Å². The fraction of sp³-hybridized carbons (Fsp3) is 0.667. The van der Waals surface area contributed by atoms with Crippen LogP contribution in [0.25, 0.3) is 0 Å². The van der Waals surface area contributed by atoms with Gasteiger partial charge in [-0.15, -0.1) is 11.3 Å². The minimum atomic E-state index is -0.817. The number of hydrogen-bond acceptors (Lipinski definition) is 3. The molecule has 1 aromatic heterocycles. The van der Waals surface area contributed by atoms with Crippen molar-refractivity contribution in [1.29, 1.82) is 0 Å². The third kappa shape index (κ3) is 3.80. The van der Waals surface area contributed by atoms with E-state index in [-0.39, 0.29) is 0 Å². The molecule has 1 saturated carbocycles. The molecule has 4 heteroatoms. The summed E-state index contributed by atoms with van der Waals surface area (Å²) < 4.78 is 0. The standard InChI is InChI=1S/C15H23NO2S/c1-10-6-4-3-5-7-13(10)16-9-12-8-14(15(17)18)19-11(12)2/h8,10,13,16H,3-7,9H2,1-2H3,(H,17,18). The van der Waals surface area contributed by atoms with Crippen LogP contribution < -0.4 is 5.32 Å². The van der Waals surface area contributed by atoms with E-state index in [1.807, 2.05) is 13.0 Å². The summed E-state index contributed by atoms with van der Waals surface area (Å²) in [5.74, 6) is -0.0948. The Labute approximate surface area is 119 Å². The number of hydrogen-bond donors (Lipinski definition) is 2. The largest absolute Gasteiger partial charge is 0.477 e. The third-order valence-electron chi connectivity index (χ3n) is 4.15. The van der Waals surface area contributed by atoms with Gasteiger partial charge in [0.1, 0.15) is 4.88 Å². The molecule has 3 nitrogen and oxygen atoms in total. The van der Waals surface area contributed by atoms with Gasteiger partial charge in [0.25, 0.3) is 0 Å². The van der Waals surface area contributed by atoms with Crippen LogP contribution in [0.2, 0.25) is 0 Å². The van der Waals surface area contributed by atoms with Gasteiger partial charge in [0.15, 0.2) is 0 Å². The maximum absolute atomic E-state index is 11.0. The van der Waals surface area contributed by atoms with Crippen LogP contribution >= 0.6 is 11.3 Å². The zero-order valence-electron chi connectivity index (χ0n) is 11.7. The van der Waals surface area contributed by atoms with Gasteiger partial charge in [-0.25, -0.2) is 4.79 Å². The molecule has 0 aromatic carbocycles. The first-order chi connectivity index (χ1) is 9.08. The molecule has 1 aromatic rings. The van der Waals surface area contributed by atoms with Crippen molar-refractivity contribution in [2.45, 2.75) is 58.5 Å². The lowest BCUT2D eigenvalue weighted by Gasteiger charge is -2.22. The molecular weight excluding hydrogens is 258 g/mol.